The fourth-order valence-electron chi connectivity index (χ4n) is 3.36. The number of hydrogen-bond acceptors (Lipinski definition) is 5. The van der Waals surface area contributed by atoms with Gasteiger partial charge in [-0.3, -0.25) is 4.79 Å². The van der Waals surface area contributed by atoms with Crippen molar-refractivity contribution in [2.45, 2.75) is 25.0 Å². The molecule has 154 valence electrons. The maximum Gasteiger partial charge on any atom is 0.347 e. The smallest absolute Gasteiger partial charge is 0.347 e. The van der Waals surface area contributed by atoms with Gasteiger partial charge in [0.15, 0.2) is 0 Å². The number of carbonyl (C=O) groups is 3. The van der Waals surface area contributed by atoms with Crippen LogP contribution in [-0.4, -0.2) is 41.6 Å². The number of ether oxygens (including phenoxy) is 2. The zero-order chi connectivity index (χ0) is 21.1. The third kappa shape index (κ3) is 4.31. The van der Waals surface area contributed by atoms with E-state index in [2.05, 4.69) is 10.3 Å². The maximum absolute atomic E-state index is 12.9. The van der Waals surface area contributed by atoms with Crippen molar-refractivity contribution in [3.63, 3.8) is 0 Å². The first-order chi connectivity index (χ1) is 14.5. The van der Waals surface area contributed by atoms with Gasteiger partial charge in [0, 0.05) is 40.5 Å². The molecule has 3 aromatic rings. The van der Waals surface area contributed by atoms with Gasteiger partial charge in [-0.15, -0.1) is 0 Å². The number of H-pyrrole nitrogens is 1. The minimum atomic E-state index is -0.985. The number of aromatic amines is 1. The topological polar surface area (TPSA) is 97.5 Å². The van der Waals surface area contributed by atoms with E-state index in [-0.39, 0.29) is 13.0 Å². The summed E-state index contributed by atoms with van der Waals surface area (Å²) in [7, 11) is 0. The number of carbonyl (C=O) groups excluding carboxylic acids is 3. The van der Waals surface area contributed by atoms with Gasteiger partial charge in [-0.1, -0.05) is 29.8 Å². The Morgan fingerprint density at radius 3 is 2.70 bits per heavy atom. The molecule has 1 saturated heterocycles. The molecule has 2 N–H and O–H groups in total. The molecular weight excluding hydrogens is 408 g/mol. The van der Waals surface area contributed by atoms with Gasteiger partial charge in [0.1, 0.15) is 6.04 Å². The predicted molar refractivity (Wildman–Crippen MR) is 110 cm³/mol. The first kappa shape index (κ1) is 20.0. The largest absolute Gasteiger partial charge is 0.463 e. The van der Waals surface area contributed by atoms with Crippen molar-refractivity contribution < 1.29 is 23.9 Å². The summed E-state index contributed by atoms with van der Waals surface area (Å²) in [5.74, 6) is -1.70. The summed E-state index contributed by atoms with van der Waals surface area (Å²) in [6, 6.07) is 13.0. The highest BCUT2D eigenvalue weighted by molar-refractivity contribution is 6.30. The minimum absolute atomic E-state index is 0.198. The highest BCUT2D eigenvalue weighted by Gasteiger charge is 2.33. The fraction of sp³-hybridized carbons (Fsp3) is 0.227. The van der Waals surface area contributed by atoms with Crippen LogP contribution in [0.25, 0.3) is 10.9 Å². The molecule has 0 bridgehead atoms. The Hall–Kier alpha value is -3.32. The van der Waals surface area contributed by atoms with Crippen LogP contribution < -0.4 is 5.32 Å². The second-order valence-corrected chi connectivity index (χ2v) is 7.41. The van der Waals surface area contributed by atoms with E-state index in [0.29, 0.717) is 17.0 Å². The molecule has 1 amide bonds. The molecule has 7 nitrogen and oxygen atoms in total. The van der Waals surface area contributed by atoms with Gasteiger partial charge in [-0.2, -0.15) is 0 Å². The Labute approximate surface area is 177 Å². The maximum atomic E-state index is 12.9. The highest BCUT2D eigenvalue weighted by atomic mass is 35.5. The summed E-state index contributed by atoms with van der Waals surface area (Å²) in [5.41, 5.74) is 2.12. The monoisotopic (exact) mass is 426 g/mol. The van der Waals surface area contributed by atoms with Crippen molar-refractivity contribution >= 4 is 40.3 Å². The molecular formula is C22H19ClN2O5. The van der Waals surface area contributed by atoms with Gasteiger partial charge in [-0.25, -0.2) is 9.59 Å². The van der Waals surface area contributed by atoms with Crippen LogP contribution in [0, 0.1) is 0 Å². The van der Waals surface area contributed by atoms with Crippen molar-refractivity contribution in [2.75, 3.05) is 6.61 Å². The van der Waals surface area contributed by atoms with Crippen LogP contribution in [0.4, 0.5) is 0 Å². The van der Waals surface area contributed by atoms with Crippen LogP contribution in [0.1, 0.15) is 22.3 Å². The second kappa shape index (κ2) is 8.59. The van der Waals surface area contributed by atoms with Gasteiger partial charge >= 0.3 is 11.9 Å². The van der Waals surface area contributed by atoms with E-state index in [4.69, 9.17) is 21.1 Å². The number of amides is 1. The molecule has 0 saturated carbocycles. The molecule has 8 heteroatoms. The summed E-state index contributed by atoms with van der Waals surface area (Å²) in [5, 5.41) is 4.16. The average Bonchev–Trinajstić information content (AvgIpc) is 3.34. The molecule has 1 aliphatic heterocycles. The van der Waals surface area contributed by atoms with E-state index in [0.717, 1.165) is 16.5 Å². The van der Waals surface area contributed by atoms with E-state index in [1.165, 1.54) is 0 Å². The fourth-order valence-corrected chi connectivity index (χ4v) is 3.49. The molecule has 0 spiro atoms. The van der Waals surface area contributed by atoms with Crippen molar-refractivity contribution in [3.8, 4) is 0 Å². The molecule has 2 atom stereocenters. The Morgan fingerprint density at radius 1 is 1.20 bits per heavy atom. The van der Waals surface area contributed by atoms with E-state index >= 15 is 0 Å². The lowest BCUT2D eigenvalue weighted by atomic mass is 10.0. The molecule has 4 rings (SSSR count). The second-order valence-electron chi connectivity index (χ2n) is 6.98. The van der Waals surface area contributed by atoms with Crippen LogP contribution in [0.3, 0.4) is 0 Å². The van der Waals surface area contributed by atoms with Crippen LogP contribution in [0.15, 0.2) is 54.7 Å². The highest BCUT2D eigenvalue weighted by Crippen LogP contribution is 2.20. The van der Waals surface area contributed by atoms with Crippen LogP contribution in [0.5, 0.6) is 0 Å². The summed E-state index contributed by atoms with van der Waals surface area (Å²) in [6.45, 7) is 0.209. The molecule has 1 aromatic heterocycles. The van der Waals surface area contributed by atoms with Crippen LogP contribution >= 0.6 is 11.6 Å². The lowest BCUT2D eigenvalue weighted by Gasteiger charge is -2.19. The summed E-state index contributed by atoms with van der Waals surface area (Å²) in [4.78, 5) is 40.4. The molecule has 2 heterocycles. The van der Waals surface area contributed by atoms with E-state index in [1.807, 2.05) is 24.3 Å². The Kier molecular flexibility index (Phi) is 5.72. The third-order valence-corrected chi connectivity index (χ3v) is 5.19. The van der Waals surface area contributed by atoms with Crippen molar-refractivity contribution in [3.05, 3.63) is 70.9 Å². The number of esters is 2. The van der Waals surface area contributed by atoms with Gasteiger partial charge in [0.25, 0.3) is 5.91 Å². The molecule has 0 unspecified atom stereocenters. The molecule has 30 heavy (non-hydrogen) atoms. The number of halogens is 1. The third-order valence-electron chi connectivity index (χ3n) is 4.94. The summed E-state index contributed by atoms with van der Waals surface area (Å²) in [6.07, 6.45) is 1.35. The Balaban J connectivity index is 1.56. The predicted octanol–water partition coefficient (Wildman–Crippen LogP) is 3.02. The number of hydrogen-bond donors (Lipinski definition) is 2. The van der Waals surface area contributed by atoms with Crippen LogP contribution in [0.2, 0.25) is 5.02 Å². The van der Waals surface area contributed by atoms with Crippen LogP contribution in [-0.2, 0) is 25.5 Å². The Bertz CT molecular complexity index is 1090. The van der Waals surface area contributed by atoms with Gasteiger partial charge < -0.3 is 19.8 Å². The molecule has 0 aliphatic carbocycles. The number of fused-ring (bicyclic) bond motifs is 1. The number of rotatable bonds is 6. The SMILES string of the molecule is O=C(N[C@@H](Cc1c[nH]c2ccccc12)C(=O)O[C@H]1CCOC1=O)c1ccc(Cl)cc1. The van der Waals surface area contributed by atoms with Crippen molar-refractivity contribution in [1.82, 2.24) is 10.3 Å². The normalized spacial score (nSPS) is 16.8. The van der Waals surface area contributed by atoms with E-state index < -0.39 is 30.0 Å². The number of cyclic esters (lactones) is 1. The lowest BCUT2D eigenvalue weighted by molar-refractivity contribution is -0.161. The number of nitrogens with one attached hydrogen (secondary N) is 2. The average molecular weight is 427 g/mol. The quantitative estimate of drug-likeness (QED) is 0.590. The van der Waals surface area contributed by atoms with Crippen molar-refractivity contribution in [1.29, 1.82) is 0 Å². The zero-order valence-electron chi connectivity index (χ0n) is 15.9. The zero-order valence-corrected chi connectivity index (χ0v) is 16.6. The van der Waals surface area contributed by atoms with E-state index in [9.17, 15) is 14.4 Å². The molecule has 2 aromatic carbocycles. The minimum Gasteiger partial charge on any atom is -0.463 e. The first-order valence-electron chi connectivity index (χ1n) is 9.50. The number of para-hydroxylation sites is 1. The molecule has 0 radical (unpaired) electrons. The van der Waals surface area contributed by atoms with Gasteiger partial charge in [0.2, 0.25) is 6.10 Å². The first-order valence-corrected chi connectivity index (χ1v) is 9.87. The van der Waals surface area contributed by atoms with E-state index in [1.54, 1.807) is 30.5 Å². The number of aromatic nitrogens is 1. The number of benzene rings is 2. The molecule has 1 fully saturated rings. The Morgan fingerprint density at radius 2 is 1.97 bits per heavy atom. The summed E-state index contributed by atoms with van der Waals surface area (Å²) >= 11 is 5.88. The lowest BCUT2D eigenvalue weighted by Crippen LogP contribution is -2.45. The standard InChI is InChI=1S/C22H19ClN2O5/c23-15-7-5-13(6-8-15)20(26)25-18(21(27)30-19-9-10-29-22(19)28)11-14-12-24-17-4-2-1-3-16(14)17/h1-8,12,18-19,24H,9-11H2,(H,25,26)/t18-,19-/m0/s1. The summed E-state index contributed by atoms with van der Waals surface area (Å²) < 4.78 is 10.2. The van der Waals surface area contributed by atoms with Gasteiger partial charge in [0.05, 0.1) is 6.61 Å². The molecule has 1 aliphatic rings. The van der Waals surface area contributed by atoms with Gasteiger partial charge in [-0.05, 0) is 35.9 Å². The van der Waals surface area contributed by atoms with Crippen molar-refractivity contribution in [2.24, 2.45) is 0 Å².